The molecule has 4 nitrogen and oxygen atoms in total. The lowest BCUT2D eigenvalue weighted by atomic mass is 10.1. The van der Waals surface area contributed by atoms with Gasteiger partial charge in [0.25, 0.3) is 0 Å². The van der Waals surface area contributed by atoms with Gasteiger partial charge in [0.05, 0.1) is 6.04 Å². The fourth-order valence-electron chi connectivity index (χ4n) is 1.37. The maximum absolute atomic E-state index is 11.5. The summed E-state index contributed by atoms with van der Waals surface area (Å²) in [6, 6.07) is 0.0456. The second-order valence-corrected chi connectivity index (χ2v) is 5.10. The molecule has 0 aromatic heterocycles. The molecule has 4 N–H and O–H groups in total. The molecule has 0 radical (unpaired) electrons. The zero-order valence-electron chi connectivity index (χ0n) is 12.4. The van der Waals surface area contributed by atoms with Gasteiger partial charge in [-0.1, -0.05) is 20.3 Å². The number of rotatable bonds is 1. The molecule has 0 aliphatic carbocycles. The molecule has 1 saturated heterocycles. The summed E-state index contributed by atoms with van der Waals surface area (Å²) in [5, 5.41) is 6.13. The number of amides is 1. The highest BCUT2D eigenvalue weighted by molar-refractivity contribution is 5.82. The number of nitrogens with two attached hydrogens (primary N) is 1. The van der Waals surface area contributed by atoms with Crippen LogP contribution in [0.1, 0.15) is 53.9 Å². The van der Waals surface area contributed by atoms with Crippen molar-refractivity contribution < 1.29 is 4.79 Å². The van der Waals surface area contributed by atoms with Crippen molar-refractivity contribution in [2.75, 3.05) is 13.6 Å². The van der Waals surface area contributed by atoms with E-state index in [2.05, 4.69) is 30.2 Å². The smallest absolute Gasteiger partial charge is 0.237 e. The molecule has 17 heavy (non-hydrogen) atoms. The van der Waals surface area contributed by atoms with E-state index in [1.165, 1.54) is 13.5 Å². The molecule has 0 bridgehead atoms. The Kier molecular flexibility index (Phi) is 11.6. The summed E-state index contributed by atoms with van der Waals surface area (Å²) < 4.78 is 0. The summed E-state index contributed by atoms with van der Waals surface area (Å²) in [6.45, 7) is 11.2. The van der Waals surface area contributed by atoms with Crippen molar-refractivity contribution in [2.45, 2.75) is 65.5 Å². The third-order valence-electron chi connectivity index (χ3n) is 1.88. The highest BCUT2D eigenvalue weighted by Crippen LogP contribution is 2.07. The number of nitrogens with one attached hydrogen (secondary N) is 2. The monoisotopic (exact) mass is 245 g/mol. The van der Waals surface area contributed by atoms with Crippen LogP contribution in [-0.4, -0.2) is 31.1 Å². The first-order valence-corrected chi connectivity index (χ1v) is 6.53. The maximum atomic E-state index is 11.5. The molecular weight excluding hydrogens is 214 g/mol. The highest BCUT2D eigenvalue weighted by Gasteiger charge is 2.24. The molecule has 1 aliphatic rings. The van der Waals surface area contributed by atoms with Gasteiger partial charge in [-0.15, -0.1) is 0 Å². The molecule has 1 fully saturated rings. The van der Waals surface area contributed by atoms with Gasteiger partial charge in [0.2, 0.25) is 5.91 Å². The van der Waals surface area contributed by atoms with Gasteiger partial charge in [-0.3, -0.25) is 4.79 Å². The summed E-state index contributed by atoms with van der Waals surface area (Å²) in [5.74, 6) is 0.139. The van der Waals surface area contributed by atoms with Crippen LogP contribution in [0.3, 0.4) is 0 Å². The molecule has 1 rings (SSSR count). The Bertz CT molecular complexity index is 182. The Hall–Kier alpha value is -0.610. The second kappa shape index (κ2) is 10.5. The van der Waals surface area contributed by atoms with Gasteiger partial charge in [-0.05, 0) is 47.2 Å². The van der Waals surface area contributed by atoms with E-state index >= 15 is 0 Å². The number of hydrogen-bond donors (Lipinski definition) is 3. The van der Waals surface area contributed by atoms with Crippen molar-refractivity contribution in [2.24, 2.45) is 5.73 Å². The number of carbonyl (C=O) groups is 1. The van der Waals surface area contributed by atoms with Crippen molar-refractivity contribution in [1.82, 2.24) is 10.6 Å². The largest absolute Gasteiger partial charge is 0.350 e. The van der Waals surface area contributed by atoms with E-state index in [-0.39, 0.29) is 17.5 Å². The third kappa shape index (κ3) is 11.6. The van der Waals surface area contributed by atoms with Crippen LogP contribution in [0.15, 0.2) is 0 Å². The molecule has 1 aliphatic heterocycles. The van der Waals surface area contributed by atoms with E-state index in [1.54, 1.807) is 0 Å². The fourth-order valence-corrected chi connectivity index (χ4v) is 1.37. The first-order chi connectivity index (χ1) is 7.90. The molecule has 0 aromatic carbocycles. The van der Waals surface area contributed by atoms with Crippen LogP contribution < -0.4 is 16.4 Å². The predicted molar refractivity (Wildman–Crippen MR) is 75.0 cm³/mol. The Labute approximate surface area is 107 Å². The average Bonchev–Trinajstić information content (AvgIpc) is 2.72. The Morgan fingerprint density at radius 3 is 2.12 bits per heavy atom. The molecule has 1 unspecified atom stereocenters. The quantitative estimate of drug-likeness (QED) is 0.658. The average molecular weight is 245 g/mol. The Morgan fingerprint density at radius 2 is 1.82 bits per heavy atom. The first kappa shape index (κ1) is 18.7. The Morgan fingerprint density at radius 1 is 1.35 bits per heavy atom. The highest BCUT2D eigenvalue weighted by atomic mass is 16.2. The van der Waals surface area contributed by atoms with Crippen LogP contribution in [0.25, 0.3) is 0 Å². The predicted octanol–water partition coefficient (Wildman–Crippen LogP) is 1.64. The summed E-state index contributed by atoms with van der Waals surface area (Å²) in [7, 11) is 1.50. The van der Waals surface area contributed by atoms with Crippen LogP contribution >= 0.6 is 0 Å². The van der Waals surface area contributed by atoms with Crippen molar-refractivity contribution in [3.8, 4) is 0 Å². The molecule has 0 saturated carbocycles. The van der Waals surface area contributed by atoms with Crippen molar-refractivity contribution >= 4 is 5.91 Å². The molecular formula is C13H31N3O. The van der Waals surface area contributed by atoms with E-state index in [9.17, 15) is 4.79 Å². The minimum absolute atomic E-state index is 0.0456. The Balaban J connectivity index is 0. The zero-order chi connectivity index (χ0) is 13.9. The van der Waals surface area contributed by atoms with E-state index in [0.717, 1.165) is 19.4 Å². The summed E-state index contributed by atoms with van der Waals surface area (Å²) in [5.41, 5.74) is 4.39. The minimum Gasteiger partial charge on any atom is -0.350 e. The van der Waals surface area contributed by atoms with Crippen LogP contribution in [-0.2, 0) is 4.79 Å². The fraction of sp³-hybridized carbons (Fsp3) is 0.923. The second-order valence-electron chi connectivity index (χ2n) is 5.10. The van der Waals surface area contributed by atoms with Gasteiger partial charge in [-0.25, -0.2) is 0 Å². The number of hydrogen-bond acceptors (Lipinski definition) is 3. The van der Waals surface area contributed by atoms with Crippen molar-refractivity contribution in [3.63, 3.8) is 0 Å². The van der Waals surface area contributed by atoms with Gasteiger partial charge in [0.15, 0.2) is 0 Å². The molecule has 0 spiro atoms. The van der Waals surface area contributed by atoms with Crippen LogP contribution in [0.4, 0.5) is 0 Å². The van der Waals surface area contributed by atoms with E-state index in [4.69, 9.17) is 0 Å². The summed E-state index contributed by atoms with van der Waals surface area (Å²) >= 11 is 0. The molecule has 4 heteroatoms. The minimum atomic E-state index is -0.110. The lowest BCUT2D eigenvalue weighted by Crippen LogP contribution is -2.48. The zero-order valence-corrected chi connectivity index (χ0v) is 12.4. The molecule has 1 heterocycles. The molecule has 1 amide bonds. The summed E-state index contributed by atoms with van der Waals surface area (Å²) in [6.07, 6.45) is 3.34. The normalized spacial score (nSPS) is 18.4. The van der Waals surface area contributed by atoms with Crippen molar-refractivity contribution in [3.05, 3.63) is 0 Å². The molecule has 104 valence electrons. The lowest BCUT2D eigenvalue weighted by molar-refractivity contribution is -0.124. The van der Waals surface area contributed by atoms with Crippen LogP contribution in [0, 0.1) is 0 Å². The van der Waals surface area contributed by atoms with E-state index < -0.39 is 0 Å². The van der Waals surface area contributed by atoms with Gasteiger partial charge >= 0.3 is 0 Å². The third-order valence-corrected chi connectivity index (χ3v) is 1.88. The van der Waals surface area contributed by atoms with Gasteiger partial charge in [0, 0.05) is 5.54 Å². The molecule has 0 aromatic rings. The van der Waals surface area contributed by atoms with Gasteiger partial charge < -0.3 is 16.4 Å². The van der Waals surface area contributed by atoms with Crippen molar-refractivity contribution in [1.29, 1.82) is 0 Å². The summed E-state index contributed by atoms with van der Waals surface area (Å²) in [4.78, 5) is 11.5. The van der Waals surface area contributed by atoms with Crippen LogP contribution in [0.5, 0.6) is 0 Å². The van der Waals surface area contributed by atoms with E-state index in [1.807, 2.05) is 20.8 Å². The van der Waals surface area contributed by atoms with Gasteiger partial charge in [-0.2, -0.15) is 0 Å². The molecule has 1 atom stereocenters. The first-order valence-electron chi connectivity index (χ1n) is 6.53. The lowest BCUT2D eigenvalue weighted by Gasteiger charge is -2.22. The van der Waals surface area contributed by atoms with Crippen LogP contribution in [0.2, 0.25) is 0 Å². The van der Waals surface area contributed by atoms with E-state index in [0.29, 0.717) is 0 Å². The number of carbonyl (C=O) groups excluding carboxylic acids is 1. The SMILES string of the molecule is CC(C)(C)NC(=O)C1CCCN1.CCC.CN. The van der Waals surface area contributed by atoms with Gasteiger partial charge in [0.1, 0.15) is 0 Å². The standard InChI is InChI=1S/C9H18N2O.C3H8.CH5N/c1-9(2,3)11-8(12)7-5-4-6-10-7;1-3-2;1-2/h7,10H,4-6H2,1-3H3,(H,11,12);3H2,1-2H3;2H2,1H3. The topological polar surface area (TPSA) is 67.2 Å². The maximum Gasteiger partial charge on any atom is 0.237 e.